The summed E-state index contributed by atoms with van der Waals surface area (Å²) in [5.41, 5.74) is 0.893. The lowest BCUT2D eigenvalue weighted by atomic mass is 9.90. The highest BCUT2D eigenvalue weighted by atomic mass is 35.5. The molecule has 128 valence electrons. The third-order valence-electron chi connectivity index (χ3n) is 4.13. The van der Waals surface area contributed by atoms with Crippen LogP contribution in [0.5, 0.6) is 0 Å². The number of nitrogens with one attached hydrogen (secondary N) is 1. The van der Waals surface area contributed by atoms with Crippen LogP contribution in [-0.2, 0) is 0 Å². The minimum absolute atomic E-state index is 0.216. The Kier molecular flexibility index (Phi) is 5.10. The first kappa shape index (κ1) is 17.2. The third-order valence-corrected chi connectivity index (χ3v) is 4.87. The van der Waals surface area contributed by atoms with Crippen LogP contribution < -0.4 is 5.32 Å². The van der Waals surface area contributed by atoms with E-state index in [1.807, 2.05) is 0 Å². The number of halogens is 2. The zero-order valence-electron chi connectivity index (χ0n) is 12.7. The van der Waals surface area contributed by atoms with E-state index >= 15 is 0 Å². The first-order chi connectivity index (χ1) is 11.5. The Balaban J connectivity index is 1.72. The molecule has 3 rings (SSSR count). The van der Waals surface area contributed by atoms with Gasteiger partial charge in [-0.2, -0.15) is 5.10 Å². The molecule has 3 atom stereocenters. The molecule has 1 aliphatic rings. The number of carbonyl (C=O) groups excluding carboxylic acids is 1. The largest absolute Gasteiger partial charge is 0.390 e. The zero-order chi connectivity index (χ0) is 17.3. The monoisotopic (exact) mass is 369 g/mol. The maximum atomic E-state index is 12.3. The number of hydrogen-bond donors (Lipinski definition) is 3. The van der Waals surface area contributed by atoms with Crippen molar-refractivity contribution in [2.75, 3.05) is 0 Å². The molecular formula is C16H17Cl2N3O3. The van der Waals surface area contributed by atoms with Gasteiger partial charge in [0.2, 0.25) is 0 Å². The first-order valence-electron chi connectivity index (χ1n) is 7.64. The molecule has 0 spiro atoms. The van der Waals surface area contributed by atoms with Gasteiger partial charge >= 0.3 is 0 Å². The number of hydrogen-bond acceptors (Lipinski definition) is 4. The Labute approximate surface area is 149 Å². The van der Waals surface area contributed by atoms with E-state index in [0.717, 1.165) is 6.42 Å². The molecule has 1 aromatic heterocycles. The Morgan fingerprint density at radius 1 is 1.21 bits per heavy atom. The number of aromatic nitrogens is 2. The highest BCUT2D eigenvalue weighted by Crippen LogP contribution is 2.24. The van der Waals surface area contributed by atoms with Crippen molar-refractivity contribution in [3.63, 3.8) is 0 Å². The molecule has 24 heavy (non-hydrogen) atoms. The average Bonchev–Trinajstić information content (AvgIpc) is 3.04. The summed E-state index contributed by atoms with van der Waals surface area (Å²) in [5, 5.41) is 27.4. The van der Waals surface area contributed by atoms with E-state index < -0.39 is 24.2 Å². The minimum atomic E-state index is -0.958. The number of amides is 1. The van der Waals surface area contributed by atoms with Crippen molar-refractivity contribution in [3.8, 4) is 5.69 Å². The van der Waals surface area contributed by atoms with Crippen LogP contribution in [0.1, 0.15) is 29.8 Å². The number of aliphatic hydroxyl groups excluding tert-OH is 2. The summed E-state index contributed by atoms with van der Waals surface area (Å²) in [6, 6.07) is 6.14. The molecule has 3 N–H and O–H groups in total. The van der Waals surface area contributed by atoms with Gasteiger partial charge in [0.15, 0.2) is 5.69 Å². The van der Waals surface area contributed by atoms with Crippen LogP contribution >= 0.6 is 23.2 Å². The van der Waals surface area contributed by atoms with Crippen LogP contribution in [0.3, 0.4) is 0 Å². The summed E-state index contributed by atoms with van der Waals surface area (Å²) in [4.78, 5) is 12.3. The standard InChI is InChI=1S/C16H17Cl2N3O3/c17-10-5-4-9(8-11(10)18)21-7-6-13(20-21)16(24)19-12-2-1-3-14(22)15(12)23/h4-8,12,14-15,22-23H,1-3H2,(H,19,24)/t12-,14-,15+/m1/s1. The fourth-order valence-corrected chi connectivity index (χ4v) is 3.07. The van der Waals surface area contributed by atoms with E-state index in [9.17, 15) is 15.0 Å². The molecule has 1 saturated carbocycles. The number of rotatable bonds is 3. The highest BCUT2D eigenvalue weighted by molar-refractivity contribution is 6.42. The summed E-state index contributed by atoms with van der Waals surface area (Å²) < 4.78 is 1.52. The molecule has 2 aromatic rings. The lowest BCUT2D eigenvalue weighted by Gasteiger charge is -2.32. The molecular weight excluding hydrogens is 353 g/mol. The summed E-state index contributed by atoms with van der Waals surface area (Å²) >= 11 is 11.9. The van der Waals surface area contributed by atoms with Gasteiger partial charge in [0, 0.05) is 6.20 Å². The number of carbonyl (C=O) groups is 1. The molecule has 1 aromatic carbocycles. The van der Waals surface area contributed by atoms with Gasteiger partial charge in [-0.25, -0.2) is 4.68 Å². The molecule has 1 amide bonds. The lowest BCUT2D eigenvalue weighted by molar-refractivity contribution is -0.0278. The highest BCUT2D eigenvalue weighted by Gasteiger charge is 2.31. The van der Waals surface area contributed by atoms with Crippen molar-refractivity contribution in [1.82, 2.24) is 15.1 Å². The average molecular weight is 370 g/mol. The quantitative estimate of drug-likeness (QED) is 0.773. The predicted octanol–water partition coefficient (Wildman–Crippen LogP) is 2.18. The van der Waals surface area contributed by atoms with Crippen molar-refractivity contribution in [1.29, 1.82) is 0 Å². The van der Waals surface area contributed by atoms with Crippen LogP contribution in [0.25, 0.3) is 5.69 Å². The molecule has 1 fully saturated rings. The second kappa shape index (κ2) is 7.11. The van der Waals surface area contributed by atoms with E-state index in [1.165, 1.54) is 4.68 Å². The van der Waals surface area contributed by atoms with E-state index in [0.29, 0.717) is 28.6 Å². The van der Waals surface area contributed by atoms with Crippen LogP contribution in [-0.4, -0.2) is 44.2 Å². The summed E-state index contributed by atoms with van der Waals surface area (Å²) in [6.07, 6.45) is 1.79. The molecule has 6 nitrogen and oxygen atoms in total. The van der Waals surface area contributed by atoms with Gasteiger partial charge in [0.25, 0.3) is 5.91 Å². The van der Waals surface area contributed by atoms with Crippen molar-refractivity contribution in [3.05, 3.63) is 46.2 Å². The van der Waals surface area contributed by atoms with Crippen molar-refractivity contribution < 1.29 is 15.0 Å². The Bertz CT molecular complexity index is 750. The van der Waals surface area contributed by atoms with E-state index in [4.69, 9.17) is 23.2 Å². The van der Waals surface area contributed by atoms with Crippen LogP contribution in [0.15, 0.2) is 30.5 Å². The van der Waals surface area contributed by atoms with Crippen molar-refractivity contribution >= 4 is 29.1 Å². The fourth-order valence-electron chi connectivity index (χ4n) is 2.77. The zero-order valence-corrected chi connectivity index (χ0v) is 14.2. The number of aliphatic hydroxyl groups is 2. The van der Waals surface area contributed by atoms with Gasteiger partial charge in [-0.1, -0.05) is 23.2 Å². The SMILES string of the molecule is O=C(N[C@@H]1CCC[C@@H](O)[C@H]1O)c1ccn(-c2ccc(Cl)c(Cl)c2)n1. The summed E-state index contributed by atoms with van der Waals surface area (Å²) in [6.45, 7) is 0. The number of nitrogens with zero attached hydrogens (tertiary/aromatic N) is 2. The molecule has 0 saturated heterocycles. The molecule has 1 heterocycles. The maximum absolute atomic E-state index is 12.3. The first-order valence-corrected chi connectivity index (χ1v) is 8.39. The second-order valence-corrected chi connectivity index (χ2v) is 6.63. The predicted molar refractivity (Wildman–Crippen MR) is 90.7 cm³/mol. The molecule has 0 radical (unpaired) electrons. The molecule has 0 unspecified atom stereocenters. The summed E-state index contributed by atoms with van der Waals surface area (Å²) in [7, 11) is 0. The fraction of sp³-hybridized carbons (Fsp3) is 0.375. The lowest BCUT2D eigenvalue weighted by Crippen LogP contribution is -2.51. The topological polar surface area (TPSA) is 87.4 Å². The minimum Gasteiger partial charge on any atom is -0.390 e. The second-order valence-electron chi connectivity index (χ2n) is 5.81. The molecule has 1 aliphatic carbocycles. The van der Waals surface area contributed by atoms with Crippen LogP contribution in [0.2, 0.25) is 10.0 Å². The Hall–Kier alpha value is -1.60. The molecule has 0 bridgehead atoms. The van der Waals surface area contributed by atoms with Crippen molar-refractivity contribution in [2.45, 2.75) is 37.5 Å². The number of benzene rings is 1. The van der Waals surface area contributed by atoms with Gasteiger partial charge < -0.3 is 15.5 Å². The maximum Gasteiger partial charge on any atom is 0.272 e. The van der Waals surface area contributed by atoms with Gasteiger partial charge in [-0.15, -0.1) is 0 Å². The van der Waals surface area contributed by atoms with Crippen molar-refractivity contribution in [2.24, 2.45) is 0 Å². The Morgan fingerprint density at radius 2 is 2.00 bits per heavy atom. The van der Waals surface area contributed by atoms with E-state index in [2.05, 4.69) is 10.4 Å². The van der Waals surface area contributed by atoms with Crippen LogP contribution in [0, 0.1) is 0 Å². The molecule has 8 heteroatoms. The Morgan fingerprint density at radius 3 is 2.75 bits per heavy atom. The van der Waals surface area contributed by atoms with Gasteiger partial charge in [0.05, 0.1) is 34.0 Å². The summed E-state index contributed by atoms with van der Waals surface area (Å²) in [5.74, 6) is -0.396. The third kappa shape index (κ3) is 3.57. The van der Waals surface area contributed by atoms with Crippen LogP contribution in [0.4, 0.5) is 0 Å². The normalized spacial score (nSPS) is 23.9. The van der Waals surface area contributed by atoms with E-state index in [1.54, 1.807) is 30.5 Å². The molecule has 0 aliphatic heterocycles. The van der Waals surface area contributed by atoms with Gasteiger partial charge in [0.1, 0.15) is 0 Å². The van der Waals surface area contributed by atoms with Gasteiger partial charge in [-0.05, 0) is 43.5 Å². The van der Waals surface area contributed by atoms with E-state index in [-0.39, 0.29) is 5.69 Å². The van der Waals surface area contributed by atoms with Gasteiger partial charge in [-0.3, -0.25) is 4.79 Å². The smallest absolute Gasteiger partial charge is 0.272 e.